The molecule has 0 N–H and O–H groups in total. The van der Waals surface area contributed by atoms with Crippen molar-refractivity contribution in [2.75, 3.05) is 9.80 Å². The van der Waals surface area contributed by atoms with Crippen LogP contribution in [0.4, 0.5) is 34.1 Å². The third-order valence-corrected chi connectivity index (χ3v) is 15.6. The van der Waals surface area contributed by atoms with E-state index in [1.54, 1.807) is 0 Å². The molecule has 0 atom stereocenters. The Morgan fingerprint density at radius 2 is 0.521 bits per heavy atom. The van der Waals surface area contributed by atoms with Gasteiger partial charge in [-0.05, 0) is 186 Å². The van der Waals surface area contributed by atoms with E-state index in [0.29, 0.717) is 0 Å². The van der Waals surface area contributed by atoms with Crippen molar-refractivity contribution in [1.29, 1.82) is 0 Å². The monoisotopic (exact) mass is 956 g/mol. The van der Waals surface area contributed by atoms with Crippen LogP contribution in [0.5, 0.6) is 0 Å². The molecule has 0 radical (unpaired) electrons. The Labute approximate surface area is 434 Å². The van der Waals surface area contributed by atoms with Crippen LogP contribution in [0.1, 0.15) is 132 Å². The average Bonchev–Trinajstić information content (AvgIpc) is 3.82. The number of hydrogen-bond donors (Lipinski definition) is 0. The highest BCUT2D eigenvalue weighted by atomic mass is 15.1. The van der Waals surface area contributed by atoms with Gasteiger partial charge in [0.25, 0.3) is 0 Å². The lowest BCUT2D eigenvalue weighted by atomic mass is 9.85. The third-order valence-electron chi connectivity index (χ3n) is 15.6. The van der Waals surface area contributed by atoms with E-state index in [1.165, 1.54) is 87.5 Å². The van der Waals surface area contributed by atoms with Gasteiger partial charge in [-0.3, -0.25) is 0 Å². The Bertz CT molecular complexity index is 3510. The lowest BCUT2D eigenvalue weighted by Crippen LogP contribution is -2.14. The maximum atomic E-state index is 2.57. The first kappa shape index (κ1) is 48.2. The minimum Gasteiger partial charge on any atom is -0.310 e. The van der Waals surface area contributed by atoms with Crippen LogP contribution < -0.4 is 9.80 Å². The third kappa shape index (κ3) is 8.59. The summed E-state index contributed by atoms with van der Waals surface area (Å²) in [6.07, 6.45) is 0. The smallest absolute Gasteiger partial charge is 0.0620 e. The molecule has 0 bridgehead atoms. The van der Waals surface area contributed by atoms with E-state index in [4.69, 9.17) is 0 Å². The minimum atomic E-state index is -0.0291. The Morgan fingerprint density at radius 1 is 0.247 bits per heavy atom. The van der Waals surface area contributed by atoms with Crippen molar-refractivity contribution >= 4 is 93.8 Å². The molecule has 0 spiro atoms. The van der Waals surface area contributed by atoms with Crippen LogP contribution in [0, 0.1) is 0 Å². The first-order valence-electron chi connectivity index (χ1n) is 26.5. The Balaban J connectivity index is 1.12. The molecule has 0 saturated carbocycles. The average molecular weight is 956 g/mol. The minimum absolute atomic E-state index is 0.0291. The van der Waals surface area contributed by atoms with Crippen molar-refractivity contribution < 1.29 is 0 Å². The molecule has 73 heavy (non-hydrogen) atoms. The topological polar surface area (TPSA) is 10.9 Å². The fourth-order valence-electron chi connectivity index (χ4n) is 11.1. The molecule has 2 heterocycles. The van der Waals surface area contributed by atoms with Crippen LogP contribution in [0.2, 0.25) is 0 Å². The first-order chi connectivity index (χ1) is 34.3. The van der Waals surface area contributed by atoms with Gasteiger partial charge in [-0.1, -0.05) is 165 Å². The molecule has 0 amide bonds. The summed E-state index contributed by atoms with van der Waals surface area (Å²) in [7, 11) is 0. The standard InChI is InChI=1S/C70H73N3/c1-66(2,3)48-18-28-53(29-19-48)71(54-30-20-49(21-31-54)67(4,5)6)57-26-16-44-38-59-61-42-52(70(13,14)15)43-62-60-39-45-17-27-58(37-47(45)41-64(60)73(65(61)62)63(59)40-46(44)36-57)72(55-32-22-50(23-33-55)68(7,8)9)56-34-24-51(25-35-56)69(10,11)12/h16-43H,1-15H3. The number of aromatic nitrogens is 1. The van der Waals surface area contributed by atoms with Crippen molar-refractivity contribution in [3.05, 3.63) is 198 Å². The van der Waals surface area contributed by atoms with Crippen molar-refractivity contribution in [3.63, 3.8) is 0 Å². The number of fused-ring (bicyclic) bond motifs is 8. The molecule has 0 aliphatic heterocycles. The first-order valence-corrected chi connectivity index (χ1v) is 26.5. The summed E-state index contributed by atoms with van der Waals surface area (Å²) in [6, 6.07) is 65.5. The maximum absolute atomic E-state index is 2.57. The summed E-state index contributed by atoms with van der Waals surface area (Å²) >= 11 is 0. The van der Waals surface area contributed by atoms with E-state index in [-0.39, 0.29) is 27.1 Å². The van der Waals surface area contributed by atoms with E-state index in [2.05, 4.69) is 288 Å². The number of benzene rings is 9. The highest BCUT2D eigenvalue weighted by Gasteiger charge is 2.26. The summed E-state index contributed by atoms with van der Waals surface area (Å²) in [5.74, 6) is 0. The molecule has 0 aliphatic rings. The van der Waals surface area contributed by atoms with E-state index >= 15 is 0 Å². The van der Waals surface area contributed by atoms with Crippen molar-refractivity contribution in [2.45, 2.75) is 131 Å². The quantitative estimate of drug-likeness (QED) is 0.164. The lowest BCUT2D eigenvalue weighted by Gasteiger charge is -2.28. The zero-order valence-electron chi connectivity index (χ0n) is 46.0. The summed E-state index contributed by atoms with van der Waals surface area (Å²) in [5, 5.41) is 10.1. The molecule has 0 fully saturated rings. The highest BCUT2D eigenvalue weighted by molar-refractivity contribution is 6.26. The van der Waals surface area contributed by atoms with Crippen LogP contribution in [0.25, 0.3) is 59.6 Å². The van der Waals surface area contributed by atoms with E-state index in [9.17, 15) is 0 Å². The van der Waals surface area contributed by atoms with Crippen molar-refractivity contribution in [2.24, 2.45) is 0 Å². The second kappa shape index (κ2) is 16.7. The predicted molar refractivity (Wildman–Crippen MR) is 319 cm³/mol. The van der Waals surface area contributed by atoms with Crippen molar-refractivity contribution in [3.8, 4) is 0 Å². The summed E-state index contributed by atoms with van der Waals surface area (Å²) in [4.78, 5) is 4.84. The van der Waals surface area contributed by atoms with Gasteiger partial charge in [0.05, 0.1) is 16.6 Å². The number of nitrogens with zero attached hydrogens (tertiary/aromatic N) is 3. The molecular weight excluding hydrogens is 883 g/mol. The normalized spacial score (nSPS) is 13.1. The van der Waals surface area contributed by atoms with Gasteiger partial charge >= 0.3 is 0 Å². The van der Waals surface area contributed by atoms with Gasteiger partial charge in [0, 0.05) is 55.7 Å². The SMILES string of the molecule is CC(C)(C)c1ccc(N(c2ccc(C(C)(C)C)cc2)c2ccc3cc4c5cc(C(C)(C)C)cc6c7cc8ccc(N(c9ccc(C(C)(C)C)cc9)c9ccc(C(C)(C)C)cc9)cc8cc7n(c4cc3c2)c56)cc1. The molecule has 0 aliphatic carbocycles. The maximum Gasteiger partial charge on any atom is 0.0620 e. The summed E-state index contributed by atoms with van der Waals surface area (Å²) in [6.45, 7) is 34.4. The van der Waals surface area contributed by atoms with Crippen LogP contribution in [0.15, 0.2) is 170 Å². The zero-order chi connectivity index (χ0) is 51.7. The molecule has 3 nitrogen and oxygen atoms in total. The molecule has 9 aromatic carbocycles. The largest absolute Gasteiger partial charge is 0.310 e. The molecule has 0 unspecified atom stereocenters. The van der Waals surface area contributed by atoms with Crippen LogP contribution >= 0.6 is 0 Å². The van der Waals surface area contributed by atoms with Crippen molar-refractivity contribution in [1.82, 2.24) is 4.40 Å². The van der Waals surface area contributed by atoms with Gasteiger partial charge in [-0.15, -0.1) is 0 Å². The van der Waals surface area contributed by atoms with Gasteiger partial charge in [0.15, 0.2) is 0 Å². The summed E-state index contributed by atoms with van der Waals surface area (Å²) in [5.41, 5.74) is 17.5. The fraction of sp³-hybridized carbons (Fsp3) is 0.286. The molecule has 368 valence electrons. The predicted octanol–water partition coefficient (Wildman–Crippen LogP) is 20.6. The van der Waals surface area contributed by atoms with E-state index < -0.39 is 0 Å². The zero-order valence-corrected chi connectivity index (χ0v) is 46.0. The Hall–Kier alpha value is -7.10. The summed E-state index contributed by atoms with van der Waals surface area (Å²) < 4.78 is 2.57. The highest BCUT2D eigenvalue weighted by Crippen LogP contribution is 2.46. The van der Waals surface area contributed by atoms with Gasteiger partial charge in [-0.2, -0.15) is 0 Å². The Kier molecular flexibility index (Phi) is 11.0. The molecule has 11 rings (SSSR count). The van der Waals surface area contributed by atoms with Gasteiger partial charge in [0.1, 0.15) is 0 Å². The lowest BCUT2D eigenvalue weighted by molar-refractivity contribution is 0.590. The molecule has 2 aromatic heterocycles. The van der Waals surface area contributed by atoms with Crippen LogP contribution in [-0.4, -0.2) is 4.40 Å². The van der Waals surface area contributed by atoms with Gasteiger partial charge < -0.3 is 14.2 Å². The van der Waals surface area contributed by atoms with E-state index in [1.807, 2.05) is 0 Å². The second-order valence-corrected chi connectivity index (χ2v) is 26.2. The molecule has 3 heteroatoms. The van der Waals surface area contributed by atoms with Crippen LogP contribution in [-0.2, 0) is 27.1 Å². The fourth-order valence-corrected chi connectivity index (χ4v) is 11.1. The molecular formula is C70H73N3. The Morgan fingerprint density at radius 3 is 0.795 bits per heavy atom. The van der Waals surface area contributed by atoms with E-state index in [0.717, 1.165) is 34.1 Å². The van der Waals surface area contributed by atoms with Gasteiger partial charge in [0.2, 0.25) is 0 Å². The molecule has 0 saturated heterocycles. The number of anilines is 6. The molecule has 11 aromatic rings. The number of rotatable bonds is 6. The number of hydrogen-bond acceptors (Lipinski definition) is 2. The van der Waals surface area contributed by atoms with Gasteiger partial charge in [-0.25, -0.2) is 0 Å². The van der Waals surface area contributed by atoms with Crippen LogP contribution in [0.3, 0.4) is 0 Å². The second-order valence-electron chi connectivity index (χ2n) is 26.2.